The van der Waals surface area contributed by atoms with Crippen LogP contribution in [0.4, 0.5) is 0 Å². The Kier molecular flexibility index (Phi) is 6.76. The third-order valence-electron chi connectivity index (χ3n) is 1.81. The van der Waals surface area contributed by atoms with Crippen molar-refractivity contribution in [2.24, 2.45) is 0 Å². The van der Waals surface area contributed by atoms with E-state index in [1.807, 2.05) is 0 Å². The number of rotatable bonds is 6. The molecule has 0 aliphatic carbocycles. The van der Waals surface area contributed by atoms with Gasteiger partial charge in [-0.05, 0) is 13.3 Å². The monoisotopic (exact) mass is 173 g/mol. The average molecular weight is 173 g/mol. The van der Waals surface area contributed by atoms with Gasteiger partial charge < -0.3 is 10.1 Å². The predicted octanol–water partition coefficient (Wildman–Crippen LogP) is 1.33. The first kappa shape index (κ1) is 11.4. The van der Waals surface area contributed by atoms with Gasteiger partial charge in [0.2, 0.25) is 0 Å². The number of esters is 1. The predicted molar refractivity (Wildman–Crippen MR) is 49.0 cm³/mol. The first-order chi connectivity index (χ1) is 5.70. The molecule has 0 saturated carbocycles. The molecule has 0 unspecified atom stereocenters. The summed E-state index contributed by atoms with van der Waals surface area (Å²) in [6.07, 6.45) is 3.52. The van der Waals surface area contributed by atoms with Crippen molar-refractivity contribution >= 4 is 5.97 Å². The molecule has 1 atom stereocenters. The second kappa shape index (κ2) is 7.10. The summed E-state index contributed by atoms with van der Waals surface area (Å²) in [5, 5.41) is 3.09. The molecule has 3 heteroatoms. The zero-order valence-electron chi connectivity index (χ0n) is 8.22. The molecular formula is C9H19NO2. The molecule has 0 aromatic rings. The highest BCUT2D eigenvalue weighted by molar-refractivity contribution is 5.71. The third kappa shape index (κ3) is 6.16. The minimum atomic E-state index is -0.196. The van der Waals surface area contributed by atoms with Gasteiger partial charge in [-0.1, -0.05) is 19.8 Å². The van der Waals surface area contributed by atoms with Gasteiger partial charge in [-0.3, -0.25) is 4.79 Å². The topological polar surface area (TPSA) is 38.3 Å². The van der Waals surface area contributed by atoms with Gasteiger partial charge in [0, 0.05) is 6.04 Å². The van der Waals surface area contributed by atoms with Gasteiger partial charge in [-0.2, -0.15) is 0 Å². The van der Waals surface area contributed by atoms with E-state index in [9.17, 15) is 4.79 Å². The van der Waals surface area contributed by atoms with Gasteiger partial charge in [0.1, 0.15) is 0 Å². The van der Waals surface area contributed by atoms with E-state index >= 15 is 0 Å². The van der Waals surface area contributed by atoms with Gasteiger partial charge in [-0.15, -0.1) is 0 Å². The molecule has 0 aromatic carbocycles. The number of unbranched alkanes of at least 4 members (excludes halogenated alkanes) is 1. The SMILES string of the molecule is CCCC[C@H](C)NCC(=O)OC. The summed E-state index contributed by atoms with van der Waals surface area (Å²) < 4.78 is 4.50. The van der Waals surface area contributed by atoms with E-state index in [-0.39, 0.29) is 5.97 Å². The van der Waals surface area contributed by atoms with Crippen molar-refractivity contribution in [2.45, 2.75) is 39.2 Å². The highest BCUT2D eigenvalue weighted by atomic mass is 16.5. The Bertz CT molecular complexity index is 126. The van der Waals surface area contributed by atoms with E-state index in [0.29, 0.717) is 12.6 Å². The van der Waals surface area contributed by atoms with E-state index in [1.54, 1.807) is 0 Å². The molecule has 0 aliphatic heterocycles. The first-order valence-electron chi connectivity index (χ1n) is 4.50. The quantitative estimate of drug-likeness (QED) is 0.616. The molecule has 72 valence electrons. The second-order valence-corrected chi connectivity index (χ2v) is 3.00. The summed E-state index contributed by atoms with van der Waals surface area (Å²) in [5.74, 6) is -0.196. The standard InChI is InChI=1S/C9H19NO2/c1-4-5-6-8(2)10-7-9(11)12-3/h8,10H,4-7H2,1-3H3/t8-/m0/s1. The Morgan fingerprint density at radius 3 is 2.75 bits per heavy atom. The van der Waals surface area contributed by atoms with Crippen LogP contribution in [0.1, 0.15) is 33.1 Å². The molecule has 0 heterocycles. The molecule has 0 aromatic heterocycles. The lowest BCUT2D eigenvalue weighted by atomic mass is 10.1. The molecular weight excluding hydrogens is 154 g/mol. The molecule has 0 saturated heterocycles. The fraction of sp³-hybridized carbons (Fsp3) is 0.889. The van der Waals surface area contributed by atoms with Crippen LogP contribution in [0.3, 0.4) is 0 Å². The molecule has 0 aliphatic rings. The van der Waals surface area contributed by atoms with Crippen LogP contribution in [0.2, 0.25) is 0 Å². The number of hydrogen-bond acceptors (Lipinski definition) is 3. The van der Waals surface area contributed by atoms with Crippen molar-refractivity contribution in [2.75, 3.05) is 13.7 Å². The van der Waals surface area contributed by atoms with Crippen LogP contribution in [0.5, 0.6) is 0 Å². The minimum absolute atomic E-state index is 0.196. The summed E-state index contributed by atoms with van der Waals surface area (Å²) in [6.45, 7) is 4.56. The Morgan fingerprint density at radius 2 is 2.25 bits per heavy atom. The third-order valence-corrected chi connectivity index (χ3v) is 1.81. The fourth-order valence-electron chi connectivity index (χ4n) is 0.942. The zero-order valence-corrected chi connectivity index (χ0v) is 8.22. The summed E-state index contributed by atoms with van der Waals surface area (Å²) in [5.41, 5.74) is 0. The highest BCUT2D eigenvalue weighted by Crippen LogP contribution is 1.98. The molecule has 0 amide bonds. The lowest BCUT2D eigenvalue weighted by Gasteiger charge is -2.11. The number of carbonyl (C=O) groups excluding carboxylic acids is 1. The second-order valence-electron chi connectivity index (χ2n) is 3.00. The van der Waals surface area contributed by atoms with Gasteiger partial charge in [-0.25, -0.2) is 0 Å². The van der Waals surface area contributed by atoms with Crippen LogP contribution < -0.4 is 5.32 Å². The Balaban J connectivity index is 3.30. The zero-order chi connectivity index (χ0) is 9.40. The lowest BCUT2D eigenvalue weighted by molar-refractivity contribution is -0.139. The van der Waals surface area contributed by atoms with Crippen molar-refractivity contribution in [3.63, 3.8) is 0 Å². The molecule has 0 spiro atoms. The Morgan fingerprint density at radius 1 is 1.58 bits per heavy atom. The number of carbonyl (C=O) groups is 1. The molecule has 1 N–H and O–H groups in total. The minimum Gasteiger partial charge on any atom is -0.468 e. The van der Waals surface area contributed by atoms with Crippen LogP contribution in [0.15, 0.2) is 0 Å². The fourth-order valence-corrected chi connectivity index (χ4v) is 0.942. The van der Waals surface area contributed by atoms with E-state index in [1.165, 1.54) is 20.0 Å². The van der Waals surface area contributed by atoms with Gasteiger partial charge in [0.05, 0.1) is 13.7 Å². The van der Waals surface area contributed by atoms with E-state index in [2.05, 4.69) is 23.9 Å². The number of nitrogens with one attached hydrogen (secondary N) is 1. The molecule has 0 rings (SSSR count). The summed E-state index contributed by atoms with van der Waals surface area (Å²) >= 11 is 0. The van der Waals surface area contributed by atoms with Crippen molar-refractivity contribution in [3.8, 4) is 0 Å². The number of ether oxygens (including phenoxy) is 1. The maximum atomic E-state index is 10.7. The van der Waals surface area contributed by atoms with Crippen LogP contribution in [-0.4, -0.2) is 25.7 Å². The highest BCUT2D eigenvalue weighted by Gasteiger charge is 2.03. The van der Waals surface area contributed by atoms with E-state index < -0.39 is 0 Å². The maximum Gasteiger partial charge on any atom is 0.319 e. The van der Waals surface area contributed by atoms with Gasteiger partial charge in [0.15, 0.2) is 0 Å². The summed E-state index contributed by atoms with van der Waals surface area (Å²) in [4.78, 5) is 10.7. The van der Waals surface area contributed by atoms with E-state index in [4.69, 9.17) is 0 Å². The van der Waals surface area contributed by atoms with Crippen LogP contribution in [0, 0.1) is 0 Å². The normalized spacial score (nSPS) is 12.6. The van der Waals surface area contributed by atoms with E-state index in [0.717, 1.165) is 6.42 Å². The summed E-state index contributed by atoms with van der Waals surface area (Å²) in [6, 6.07) is 0.407. The molecule has 12 heavy (non-hydrogen) atoms. The Hall–Kier alpha value is -0.570. The molecule has 0 bridgehead atoms. The smallest absolute Gasteiger partial charge is 0.319 e. The largest absolute Gasteiger partial charge is 0.468 e. The molecule has 3 nitrogen and oxygen atoms in total. The summed E-state index contributed by atoms with van der Waals surface area (Å²) in [7, 11) is 1.40. The lowest BCUT2D eigenvalue weighted by Crippen LogP contribution is -2.31. The molecule has 0 fully saturated rings. The maximum absolute atomic E-state index is 10.7. The molecule has 0 radical (unpaired) electrons. The van der Waals surface area contributed by atoms with Gasteiger partial charge in [0.25, 0.3) is 0 Å². The van der Waals surface area contributed by atoms with Crippen molar-refractivity contribution < 1.29 is 9.53 Å². The van der Waals surface area contributed by atoms with Crippen molar-refractivity contribution in [3.05, 3.63) is 0 Å². The van der Waals surface area contributed by atoms with Crippen LogP contribution in [-0.2, 0) is 9.53 Å². The Labute approximate surface area is 74.5 Å². The van der Waals surface area contributed by atoms with Crippen molar-refractivity contribution in [1.82, 2.24) is 5.32 Å². The number of methoxy groups -OCH3 is 1. The van der Waals surface area contributed by atoms with Crippen molar-refractivity contribution in [1.29, 1.82) is 0 Å². The van der Waals surface area contributed by atoms with Gasteiger partial charge >= 0.3 is 5.97 Å². The average Bonchev–Trinajstić information content (AvgIpc) is 2.10. The number of hydrogen-bond donors (Lipinski definition) is 1. The van der Waals surface area contributed by atoms with Crippen LogP contribution in [0.25, 0.3) is 0 Å². The first-order valence-corrected chi connectivity index (χ1v) is 4.50. The van der Waals surface area contributed by atoms with Crippen LogP contribution >= 0.6 is 0 Å².